The summed E-state index contributed by atoms with van der Waals surface area (Å²) in [6.45, 7) is 15.0. The van der Waals surface area contributed by atoms with Gasteiger partial charge in [0.05, 0.1) is 0 Å². The van der Waals surface area contributed by atoms with E-state index in [2.05, 4.69) is 46.9 Å². The van der Waals surface area contributed by atoms with Crippen molar-refractivity contribution in [2.24, 2.45) is 17.8 Å². The fourth-order valence-corrected chi connectivity index (χ4v) is 2.11. The third-order valence-electron chi connectivity index (χ3n) is 3.22. The summed E-state index contributed by atoms with van der Waals surface area (Å²) in [6.07, 6.45) is 4.08. The van der Waals surface area contributed by atoms with E-state index in [-0.39, 0.29) is 0 Å². The highest BCUT2D eigenvalue weighted by atomic mass is 14.9. The Morgan fingerprint density at radius 2 is 1.60 bits per heavy atom. The standard InChI is InChI=1S/C14H31N/c1-7-8-13(6)9-14(11(2)3)10-15-12(4)5/h11-15H,7-10H2,1-6H3. The highest BCUT2D eigenvalue weighted by Gasteiger charge is 2.16. The van der Waals surface area contributed by atoms with Crippen molar-refractivity contribution in [1.82, 2.24) is 5.32 Å². The van der Waals surface area contributed by atoms with Gasteiger partial charge in [0.2, 0.25) is 0 Å². The molecule has 0 amide bonds. The molecule has 0 bridgehead atoms. The number of hydrogen-bond donors (Lipinski definition) is 1. The summed E-state index contributed by atoms with van der Waals surface area (Å²) < 4.78 is 0. The zero-order chi connectivity index (χ0) is 11.8. The quantitative estimate of drug-likeness (QED) is 0.640. The van der Waals surface area contributed by atoms with Gasteiger partial charge < -0.3 is 5.32 Å². The van der Waals surface area contributed by atoms with Gasteiger partial charge in [0.25, 0.3) is 0 Å². The van der Waals surface area contributed by atoms with Crippen LogP contribution in [0.4, 0.5) is 0 Å². The number of hydrogen-bond acceptors (Lipinski definition) is 1. The first-order valence-electron chi connectivity index (χ1n) is 6.70. The third kappa shape index (κ3) is 7.84. The molecule has 0 fully saturated rings. The molecule has 0 aromatic rings. The van der Waals surface area contributed by atoms with Crippen molar-refractivity contribution >= 4 is 0 Å². The van der Waals surface area contributed by atoms with Crippen LogP contribution < -0.4 is 5.32 Å². The van der Waals surface area contributed by atoms with Gasteiger partial charge in [0.1, 0.15) is 0 Å². The summed E-state index contributed by atoms with van der Waals surface area (Å²) in [7, 11) is 0. The molecule has 0 spiro atoms. The maximum atomic E-state index is 3.57. The fourth-order valence-electron chi connectivity index (χ4n) is 2.11. The zero-order valence-electron chi connectivity index (χ0n) is 11.6. The summed E-state index contributed by atoms with van der Waals surface area (Å²) >= 11 is 0. The molecule has 1 nitrogen and oxygen atoms in total. The molecule has 0 aliphatic carbocycles. The maximum absolute atomic E-state index is 3.57. The Balaban J connectivity index is 3.92. The smallest absolute Gasteiger partial charge is 0.00104 e. The van der Waals surface area contributed by atoms with E-state index in [0.717, 1.165) is 17.8 Å². The zero-order valence-corrected chi connectivity index (χ0v) is 11.6. The Hall–Kier alpha value is -0.0400. The van der Waals surface area contributed by atoms with E-state index in [9.17, 15) is 0 Å². The molecular weight excluding hydrogens is 182 g/mol. The summed E-state index contributed by atoms with van der Waals surface area (Å²) in [5.74, 6) is 2.53. The largest absolute Gasteiger partial charge is 0.314 e. The lowest BCUT2D eigenvalue weighted by molar-refractivity contribution is 0.280. The van der Waals surface area contributed by atoms with Crippen LogP contribution in [0.25, 0.3) is 0 Å². The van der Waals surface area contributed by atoms with Crippen LogP contribution in [0.2, 0.25) is 0 Å². The molecule has 15 heavy (non-hydrogen) atoms. The van der Waals surface area contributed by atoms with Crippen LogP contribution in [0.15, 0.2) is 0 Å². The maximum Gasteiger partial charge on any atom is 0.00104 e. The van der Waals surface area contributed by atoms with E-state index in [4.69, 9.17) is 0 Å². The topological polar surface area (TPSA) is 12.0 Å². The van der Waals surface area contributed by atoms with Crippen molar-refractivity contribution in [2.75, 3.05) is 6.54 Å². The van der Waals surface area contributed by atoms with Gasteiger partial charge in [-0.05, 0) is 30.7 Å². The minimum atomic E-state index is 0.618. The van der Waals surface area contributed by atoms with E-state index in [0.29, 0.717) is 6.04 Å². The van der Waals surface area contributed by atoms with E-state index in [1.165, 1.54) is 25.8 Å². The first-order valence-corrected chi connectivity index (χ1v) is 6.70. The summed E-state index contributed by atoms with van der Waals surface area (Å²) in [6, 6.07) is 0.618. The van der Waals surface area contributed by atoms with Gasteiger partial charge in [-0.15, -0.1) is 0 Å². The lowest BCUT2D eigenvalue weighted by Gasteiger charge is -2.25. The Morgan fingerprint density at radius 3 is 2.00 bits per heavy atom. The molecule has 0 aromatic carbocycles. The predicted octanol–water partition coefficient (Wildman–Crippen LogP) is 4.08. The van der Waals surface area contributed by atoms with Crippen molar-refractivity contribution in [3.63, 3.8) is 0 Å². The van der Waals surface area contributed by atoms with Crippen LogP contribution in [-0.4, -0.2) is 12.6 Å². The monoisotopic (exact) mass is 213 g/mol. The van der Waals surface area contributed by atoms with Gasteiger partial charge in [0, 0.05) is 6.04 Å². The SMILES string of the molecule is CCCC(C)CC(CNC(C)C)C(C)C. The Morgan fingerprint density at radius 1 is 1.00 bits per heavy atom. The highest BCUT2D eigenvalue weighted by Crippen LogP contribution is 2.22. The molecule has 0 aliphatic rings. The Kier molecular flexibility index (Phi) is 8.13. The second kappa shape index (κ2) is 8.15. The van der Waals surface area contributed by atoms with Crippen LogP contribution in [-0.2, 0) is 0 Å². The van der Waals surface area contributed by atoms with Crippen molar-refractivity contribution in [3.05, 3.63) is 0 Å². The minimum absolute atomic E-state index is 0.618. The van der Waals surface area contributed by atoms with E-state index in [1.54, 1.807) is 0 Å². The Bertz CT molecular complexity index is 140. The van der Waals surface area contributed by atoms with Crippen molar-refractivity contribution in [2.45, 2.75) is 66.8 Å². The van der Waals surface area contributed by atoms with E-state index >= 15 is 0 Å². The molecule has 0 saturated heterocycles. The lowest BCUT2D eigenvalue weighted by Crippen LogP contribution is -2.32. The average molecular weight is 213 g/mol. The van der Waals surface area contributed by atoms with Gasteiger partial charge in [0.15, 0.2) is 0 Å². The van der Waals surface area contributed by atoms with Gasteiger partial charge >= 0.3 is 0 Å². The van der Waals surface area contributed by atoms with Crippen LogP contribution >= 0.6 is 0 Å². The molecule has 0 radical (unpaired) electrons. The summed E-state index contributed by atoms with van der Waals surface area (Å²) in [4.78, 5) is 0. The van der Waals surface area contributed by atoms with Crippen molar-refractivity contribution in [1.29, 1.82) is 0 Å². The molecule has 0 aromatic heterocycles. The second-order valence-corrected chi connectivity index (χ2v) is 5.70. The van der Waals surface area contributed by atoms with Crippen LogP contribution in [0, 0.1) is 17.8 Å². The molecule has 0 aliphatic heterocycles. The normalized spacial score (nSPS) is 16.0. The minimum Gasteiger partial charge on any atom is -0.314 e. The van der Waals surface area contributed by atoms with E-state index < -0.39 is 0 Å². The number of nitrogens with one attached hydrogen (secondary N) is 1. The molecule has 1 N–H and O–H groups in total. The molecule has 0 rings (SSSR count). The van der Waals surface area contributed by atoms with Crippen LogP contribution in [0.1, 0.15) is 60.8 Å². The van der Waals surface area contributed by atoms with Crippen LogP contribution in [0.3, 0.4) is 0 Å². The van der Waals surface area contributed by atoms with Crippen molar-refractivity contribution < 1.29 is 0 Å². The van der Waals surface area contributed by atoms with Gasteiger partial charge in [-0.3, -0.25) is 0 Å². The van der Waals surface area contributed by atoms with Gasteiger partial charge in [-0.2, -0.15) is 0 Å². The third-order valence-corrected chi connectivity index (χ3v) is 3.22. The molecule has 1 heteroatoms. The summed E-state index contributed by atoms with van der Waals surface area (Å²) in [5, 5.41) is 3.57. The van der Waals surface area contributed by atoms with Crippen LogP contribution in [0.5, 0.6) is 0 Å². The fraction of sp³-hybridized carbons (Fsp3) is 1.00. The first kappa shape index (κ1) is 15.0. The molecule has 2 unspecified atom stereocenters. The Labute approximate surface area is 97.0 Å². The predicted molar refractivity (Wildman–Crippen MR) is 70.2 cm³/mol. The number of rotatable bonds is 8. The van der Waals surface area contributed by atoms with Gasteiger partial charge in [-0.25, -0.2) is 0 Å². The average Bonchev–Trinajstić information content (AvgIpc) is 2.11. The molecule has 92 valence electrons. The highest BCUT2D eigenvalue weighted by molar-refractivity contribution is 4.70. The molecule has 2 atom stereocenters. The molecule has 0 heterocycles. The lowest BCUT2D eigenvalue weighted by atomic mass is 9.85. The van der Waals surface area contributed by atoms with E-state index in [1.807, 2.05) is 0 Å². The van der Waals surface area contributed by atoms with Crippen molar-refractivity contribution in [3.8, 4) is 0 Å². The summed E-state index contributed by atoms with van der Waals surface area (Å²) in [5.41, 5.74) is 0. The van der Waals surface area contributed by atoms with Gasteiger partial charge in [-0.1, -0.05) is 54.4 Å². The molecule has 0 saturated carbocycles. The second-order valence-electron chi connectivity index (χ2n) is 5.70. The molecular formula is C14H31N. The first-order chi connectivity index (χ1) is 6.97.